The van der Waals surface area contributed by atoms with Crippen molar-refractivity contribution in [2.24, 2.45) is 17.3 Å². The van der Waals surface area contributed by atoms with Crippen LogP contribution >= 0.6 is 0 Å². The van der Waals surface area contributed by atoms with Crippen molar-refractivity contribution in [2.75, 3.05) is 20.1 Å². The predicted octanol–water partition coefficient (Wildman–Crippen LogP) is 3.98. The maximum atomic E-state index is 14.9. The van der Waals surface area contributed by atoms with Crippen LogP contribution in [0.1, 0.15) is 54.2 Å². The molecule has 2 amide bonds. The van der Waals surface area contributed by atoms with Crippen molar-refractivity contribution in [3.63, 3.8) is 0 Å². The number of hydrogen-bond donors (Lipinski definition) is 0. The highest BCUT2D eigenvalue weighted by atomic mass is 16.2. The lowest BCUT2D eigenvalue weighted by Gasteiger charge is -2.35. The minimum Gasteiger partial charge on any atom is -0.342 e. The molecule has 1 unspecified atom stereocenters. The molecule has 9 heteroatoms. The van der Waals surface area contributed by atoms with Gasteiger partial charge in [-0.2, -0.15) is 5.26 Å². The number of carbonyl (C=O) groups excluding carboxylic acids is 3. The topological polar surface area (TPSA) is 110 Å². The minimum absolute atomic E-state index is 0.104. The Morgan fingerprint density at radius 1 is 0.953 bits per heavy atom. The van der Waals surface area contributed by atoms with E-state index in [1.54, 1.807) is 54.0 Å². The molecule has 0 bridgehead atoms. The number of nitriles is 1. The average Bonchev–Trinajstić information content (AvgIpc) is 3.36. The minimum atomic E-state index is -1.25. The van der Waals surface area contributed by atoms with Gasteiger partial charge in [0.25, 0.3) is 5.91 Å². The number of fused-ring (bicyclic) bond motifs is 1. The molecule has 2 aliphatic heterocycles. The van der Waals surface area contributed by atoms with Crippen molar-refractivity contribution in [1.29, 1.82) is 5.26 Å². The van der Waals surface area contributed by atoms with Gasteiger partial charge in [0, 0.05) is 80.9 Å². The number of rotatable bonds is 6. The Labute approximate surface area is 251 Å². The highest BCUT2D eigenvalue weighted by molar-refractivity contribution is 6.06. The number of hydrogen-bond acceptors (Lipinski definition) is 7. The van der Waals surface area contributed by atoms with E-state index >= 15 is 0 Å². The molecular formula is C34H34N6O3. The molecule has 1 aliphatic carbocycles. The fourth-order valence-electron chi connectivity index (χ4n) is 6.75. The van der Waals surface area contributed by atoms with Gasteiger partial charge in [-0.3, -0.25) is 29.3 Å². The van der Waals surface area contributed by atoms with Crippen LogP contribution in [-0.4, -0.2) is 68.4 Å². The van der Waals surface area contributed by atoms with Crippen LogP contribution in [0.3, 0.4) is 0 Å². The number of benzene rings is 1. The SMILES string of the molecule is CN1C(=CC(=O)c2ccc(C#N)cc2)N(C2[C@H]3CN(C(=O)CC(C)(C)C)C[C@@H]23)C(=O)C1(c1ccncc1)c1ccncc1. The van der Waals surface area contributed by atoms with Gasteiger partial charge in [0.1, 0.15) is 5.82 Å². The highest BCUT2D eigenvalue weighted by Crippen LogP contribution is 2.56. The number of allylic oxidation sites excluding steroid dienone is 1. The van der Waals surface area contributed by atoms with Crippen LogP contribution < -0.4 is 0 Å². The van der Waals surface area contributed by atoms with Crippen molar-refractivity contribution in [3.05, 3.63) is 107 Å². The van der Waals surface area contributed by atoms with Gasteiger partial charge in [0.2, 0.25) is 5.91 Å². The van der Waals surface area contributed by atoms with Gasteiger partial charge in [-0.15, -0.1) is 0 Å². The number of likely N-dealkylation sites (tertiary alicyclic amines) is 1. The lowest BCUT2D eigenvalue weighted by atomic mass is 9.82. The maximum absolute atomic E-state index is 14.9. The lowest BCUT2D eigenvalue weighted by molar-refractivity contribution is -0.133. The molecule has 3 atom stereocenters. The monoisotopic (exact) mass is 574 g/mol. The maximum Gasteiger partial charge on any atom is 0.263 e. The van der Waals surface area contributed by atoms with Crippen molar-refractivity contribution in [2.45, 2.75) is 38.8 Å². The second-order valence-electron chi connectivity index (χ2n) is 12.8. The molecule has 2 saturated heterocycles. The van der Waals surface area contributed by atoms with Gasteiger partial charge in [-0.1, -0.05) is 20.8 Å². The van der Waals surface area contributed by atoms with Gasteiger partial charge < -0.3 is 9.80 Å². The van der Waals surface area contributed by atoms with E-state index < -0.39 is 5.54 Å². The number of ketones is 1. The Morgan fingerprint density at radius 2 is 1.49 bits per heavy atom. The number of aromatic nitrogens is 2. The summed E-state index contributed by atoms with van der Waals surface area (Å²) in [6, 6.07) is 15.7. The van der Waals surface area contributed by atoms with E-state index in [-0.39, 0.29) is 40.9 Å². The summed E-state index contributed by atoms with van der Waals surface area (Å²) in [5.74, 6) is 0.467. The molecule has 4 heterocycles. The third-order valence-electron chi connectivity index (χ3n) is 8.86. The van der Waals surface area contributed by atoms with Crippen LogP contribution in [0.25, 0.3) is 0 Å². The summed E-state index contributed by atoms with van der Waals surface area (Å²) >= 11 is 0. The fraction of sp³-hybridized carbons (Fsp3) is 0.353. The van der Waals surface area contributed by atoms with E-state index in [1.165, 1.54) is 6.08 Å². The molecule has 1 saturated carbocycles. The van der Waals surface area contributed by atoms with E-state index in [2.05, 4.69) is 36.8 Å². The molecule has 9 nitrogen and oxygen atoms in total. The summed E-state index contributed by atoms with van der Waals surface area (Å²) in [6.07, 6.45) is 8.66. The molecule has 6 rings (SSSR count). The van der Waals surface area contributed by atoms with Crippen molar-refractivity contribution in [3.8, 4) is 6.07 Å². The zero-order valence-electron chi connectivity index (χ0n) is 24.8. The number of pyridine rings is 2. The zero-order chi connectivity index (χ0) is 30.5. The lowest BCUT2D eigenvalue weighted by Crippen LogP contribution is -2.46. The van der Waals surface area contributed by atoms with E-state index in [1.807, 2.05) is 41.1 Å². The number of carbonyl (C=O) groups is 3. The van der Waals surface area contributed by atoms with Crippen LogP contribution in [0.4, 0.5) is 0 Å². The summed E-state index contributed by atoms with van der Waals surface area (Å²) in [4.78, 5) is 55.6. The van der Waals surface area contributed by atoms with Gasteiger partial charge in [-0.05, 0) is 65.1 Å². The van der Waals surface area contributed by atoms with Gasteiger partial charge in [0.05, 0.1) is 11.6 Å². The van der Waals surface area contributed by atoms with Gasteiger partial charge in [-0.25, -0.2) is 0 Å². The molecular weight excluding hydrogens is 540 g/mol. The molecule has 218 valence electrons. The van der Waals surface area contributed by atoms with Crippen LogP contribution in [-0.2, 0) is 15.1 Å². The first-order valence-corrected chi connectivity index (χ1v) is 14.5. The molecule has 3 aromatic rings. The summed E-state index contributed by atoms with van der Waals surface area (Å²) in [7, 11) is 1.84. The summed E-state index contributed by atoms with van der Waals surface area (Å²) in [5, 5.41) is 9.19. The number of likely N-dealkylation sites (N-methyl/N-ethyl adjacent to an activating group) is 1. The van der Waals surface area contributed by atoms with Crippen molar-refractivity contribution < 1.29 is 14.4 Å². The van der Waals surface area contributed by atoms with Crippen LogP contribution in [0.5, 0.6) is 0 Å². The zero-order valence-corrected chi connectivity index (χ0v) is 24.8. The molecule has 43 heavy (non-hydrogen) atoms. The number of nitrogens with zero attached hydrogens (tertiary/aromatic N) is 6. The average molecular weight is 575 g/mol. The summed E-state index contributed by atoms with van der Waals surface area (Å²) < 4.78 is 0. The largest absolute Gasteiger partial charge is 0.342 e. The third kappa shape index (κ3) is 4.77. The Hall–Kier alpha value is -4.84. The Bertz CT molecular complexity index is 1590. The van der Waals surface area contributed by atoms with E-state index in [0.717, 1.165) is 11.1 Å². The Morgan fingerprint density at radius 3 is 1.98 bits per heavy atom. The summed E-state index contributed by atoms with van der Waals surface area (Å²) in [6.45, 7) is 7.35. The van der Waals surface area contributed by atoms with Crippen LogP contribution in [0.15, 0.2) is 85.2 Å². The molecule has 1 aromatic carbocycles. The van der Waals surface area contributed by atoms with Crippen molar-refractivity contribution in [1.82, 2.24) is 24.7 Å². The molecule has 0 radical (unpaired) electrons. The van der Waals surface area contributed by atoms with E-state index in [0.29, 0.717) is 36.5 Å². The first-order chi connectivity index (χ1) is 20.6. The van der Waals surface area contributed by atoms with Gasteiger partial charge in [0.15, 0.2) is 11.3 Å². The standard InChI is InChI=1S/C34H34N6O3/c1-33(2,3)18-30(42)39-20-26-27(21-39)31(26)40-29(17-28(41)23-7-5-22(19-35)6-8-23)38(4)34(32(40)43,24-9-13-36-14-10-24)25-11-15-37-16-12-25/h5-17,26-27,31H,18,20-21H2,1-4H3/t26-,27+,31?. The smallest absolute Gasteiger partial charge is 0.263 e. The molecule has 3 aliphatic rings. The summed E-state index contributed by atoms with van der Waals surface area (Å²) in [5.41, 5.74) is 0.993. The highest BCUT2D eigenvalue weighted by Gasteiger charge is 2.67. The molecule has 2 aromatic heterocycles. The second-order valence-corrected chi connectivity index (χ2v) is 12.8. The first-order valence-electron chi connectivity index (χ1n) is 14.5. The quantitative estimate of drug-likeness (QED) is 0.324. The first kappa shape index (κ1) is 28.3. The Kier molecular flexibility index (Phi) is 6.88. The second kappa shape index (κ2) is 10.5. The fourth-order valence-corrected chi connectivity index (χ4v) is 6.75. The molecule has 3 fully saturated rings. The number of piperidine rings is 1. The van der Waals surface area contributed by atoms with Crippen molar-refractivity contribution >= 4 is 17.6 Å². The van der Waals surface area contributed by atoms with E-state index in [9.17, 15) is 19.6 Å². The molecule has 0 spiro atoms. The molecule has 0 N–H and O–H groups in total. The number of amides is 2. The van der Waals surface area contributed by atoms with Crippen LogP contribution in [0.2, 0.25) is 0 Å². The van der Waals surface area contributed by atoms with E-state index in [4.69, 9.17) is 0 Å². The Balaban J connectivity index is 1.42. The van der Waals surface area contributed by atoms with Crippen LogP contribution in [0, 0.1) is 28.6 Å². The normalized spacial score (nSPS) is 23.3. The predicted molar refractivity (Wildman–Crippen MR) is 159 cm³/mol. The van der Waals surface area contributed by atoms with Gasteiger partial charge >= 0.3 is 0 Å². The third-order valence-corrected chi connectivity index (χ3v) is 8.86.